The van der Waals surface area contributed by atoms with Crippen LogP contribution in [0.4, 0.5) is 0 Å². The Morgan fingerprint density at radius 2 is 1.89 bits per heavy atom. The minimum Gasteiger partial charge on any atom is -0.496 e. The Morgan fingerprint density at radius 3 is 2.57 bits per heavy atom. The predicted molar refractivity (Wildman–Crippen MR) is 113 cm³/mol. The fourth-order valence-corrected chi connectivity index (χ4v) is 6.58. The van der Waals surface area contributed by atoms with Crippen LogP contribution in [0, 0.1) is 0 Å². The van der Waals surface area contributed by atoms with E-state index in [9.17, 15) is 13.2 Å². The molecule has 2 fully saturated rings. The summed E-state index contributed by atoms with van der Waals surface area (Å²) in [4.78, 5) is 12.8. The van der Waals surface area contributed by atoms with Crippen molar-refractivity contribution < 1.29 is 17.9 Å². The van der Waals surface area contributed by atoms with Gasteiger partial charge in [-0.15, -0.1) is 0 Å². The van der Waals surface area contributed by atoms with E-state index in [2.05, 4.69) is 5.32 Å². The van der Waals surface area contributed by atoms with Crippen LogP contribution < -0.4 is 10.1 Å². The van der Waals surface area contributed by atoms with Crippen LogP contribution >= 0.6 is 11.8 Å². The molecule has 1 saturated carbocycles. The maximum absolute atomic E-state index is 12.8. The van der Waals surface area contributed by atoms with Crippen molar-refractivity contribution in [3.8, 4) is 5.75 Å². The number of sulfonamides is 1. The lowest BCUT2D eigenvalue weighted by molar-refractivity contribution is 0.0953. The van der Waals surface area contributed by atoms with Crippen LogP contribution in [0.2, 0.25) is 0 Å². The van der Waals surface area contributed by atoms with Crippen molar-refractivity contribution in [2.75, 3.05) is 32.5 Å². The van der Waals surface area contributed by atoms with Crippen LogP contribution in [-0.2, 0) is 10.0 Å². The highest BCUT2D eigenvalue weighted by atomic mass is 32.2. The van der Waals surface area contributed by atoms with Gasteiger partial charge >= 0.3 is 0 Å². The molecule has 1 aliphatic heterocycles. The lowest BCUT2D eigenvalue weighted by Gasteiger charge is -2.21. The molecule has 6 nitrogen and oxygen atoms in total. The maximum Gasteiger partial charge on any atom is 0.255 e. The number of carbonyl (C=O) groups is 1. The lowest BCUT2D eigenvalue weighted by atomic mass is 10.0. The van der Waals surface area contributed by atoms with E-state index >= 15 is 0 Å². The average Bonchev–Trinajstić information content (AvgIpc) is 3.27. The molecule has 156 valence electrons. The normalized spacial score (nSPS) is 18.9. The van der Waals surface area contributed by atoms with Crippen LogP contribution in [0.1, 0.15) is 55.3 Å². The van der Waals surface area contributed by atoms with E-state index in [-0.39, 0.29) is 16.4 Å². The SMILES string of the molecule is COc1ccc(S(=O)(=O)N2CCCC2)cc1C(=O)NCCSC1CCCCC1. The summed E-state index contributed by atoms with van der Waals surface area (Å²) in [5.41, 5.74) is 0.269. The van der Waals surface area contributed by atoms with Crippen molar-refractivity contribution in [1.82, 2.24) is 9.62 Å². The molecule has 1 N–H and O–H groups in total. The molecule has 0 atom stereocenters. The Balaban J connectivity index is 1.63. The molecule has 2 aliphatic rings. The summed E-state index contributed by atoms with van der Waals surface area (Å²) < 4.78 is 32.4. The average molecular weight is 427 g/mol. The Morgan fingerprint density at radius 1 is 1.18 bits per heavy atom. The standard InChI is InChI=1S/C20H30N2O4S2/c1-26-19-10-9-17(28(24,25)22-12-5-6-13-22)15-18(19)20(23)21-11-14-27-16-7-3-2-4-8-16/h9-10,15-16H,2-8,11-14H2,1H3,(H,21,23). The minimum atomic E-state index is -3.57. The topological polar surface area (TPSA) is 75.7 Å². The molecular formula is C20H30N2O4S2. The molecule has 1 amide bonds. The van der Waals surface area contributed by atoms with Crippen LogP contribution in [0.3, 0.4) is 0 Å². The third-order valence-corrected chi connectivity index (χ3v) is 8.69. The highest BCUT2D eigenvalue weighted by Crippen LogP contribution is 2.28. The maximum atomic E-state index is 12.8. The number of hydrogen-bond donors (Lipinski definition) is 1. The first-order chi connectivity index (χ1) is 13.5. The molecule has 1 aromatic carbocycles. The van der Waals surface area contributed by atoms with Gasteiger partial charge in [0.1, 0.15) is 5.75 Å². The van der Waals surface area contributed by atoms with Crippen molar-refractivity contribution in [1.29, 1.82) is 0 Å². The van der Waals surface area contributed by atoms with Crippen molar-refractivity contribution in [2.45, 2.75) is 55.1 Å². The number of amides is 1. The molecule has 1 heterocycles. The highest BCUT2D eigenvalue weighted by molar-refractivity contribution is 7.99. The van der Waals surface area contributed by atoms with Gasteiger partial charge in [0.2, 0.25) is 10.0 Å². The molecule has 3 rings (SSSR count). The number of methoxy groups -OCH3 is 1. The van der Waals surface area contributed by atoms with Gasteiger partial charge in [0.15, 0.2) is 0 Å². The van der Waals surface area contributed by atoms with Crippen molar-refractivity contribution in [3.63, 3.8) is 0 Å². The number of nitrogens with one attached hydrogen (secondary N) is 1. The quantitative estimate of drug-likeness (QED) is 0.646. The first-order valence-electron chi connectivity index (χ1n) is 10.1. The van der Waals surface area contributed by atoms with E-state index < -0.39 is 10.0 Å². The minimum absolute atomic E-state index is 0.150. The summed E-state index contributed by atoms with van der Waals surface area (Å²) in [7, 11) is -2.08. The first kappa shape index (κ1) is 21.5. The molecule has 28 heavy (non-hydrogen) atoms. The lowest BCUT2D eigenvalue weighted by Crippen LogP contribution is -2.29. The van der Waals surface area contributed by atoms with Gasteiger partial charge in [-0.05, 0) is 43.9 Å². The molecule has 0 bridgehead atoms. The van der Waals surface area contributed by atoms with Gasteiger partial charge in [0.05, 0.1) is 17.6 Å². The van der Waals surface area contributed by atoms with E-state index in [1.54, 1.807) is 6.07 Å². The first-order valence-corrected chi connectivity index (χ1v) is 12.6. The second-order valence-corrected chi connectivity index (χ2v) is 10.7. The number of benzene rings is 1. The molecule has 0 unspecified atom stereocenters. The van der Waals surface area contributed by atoms with Gasteiger partial charge in [0.25, 0.3) is 5.91 Å². The van der Waals surface area contributed by atoms with Crippen LogP contribution in [0.5, 0.6) is 5.75 Å². The third kappa shape index (κ3) is 5.21. The molecule has 0 aromatic heterocycles. The van der Waals surface area contributed by atoms with E-state index in [1.807, 2.05) is 11.8 Å². The number of rotatable bonds is 8. The largest absolute Gasteiger partial charge is 0.496 e. The smallest absolute Gasteiger partial charge is 0.255 e. The summed E-state index contributed by atoms with van der Waals surface area (Å²) >= 11 is 1.92. The summed E-state index contributed by atoms with van der Waals surface area (Å²) in [6.07, 6.45) is 8.23. The molecule has 0 spiro atoms. The van der Waals surface area contributed by atoms with Gasteiger partial charge < -0.3 is 10.1 Å². The van der Waals surface area contributed by atoms with Gasteiger partial charge in [-0.1, -0.05) is 19.3 Å². The number of thioether (sulfide) groups is 1. The van der Waals surface area contributed by atoms with Crippen LogP contribution in [0.15, 0.2) is 23.1 Å². The van der Waals surface area contributed by atoms with Gasteiger partial charge in [-0.25, -0.2) is 8.42 Å². The predicted octanol–water partition coefficient (Wildman–Crippen LogP) is 3.28. The number of ether oxygens (including phenoxy) is 1. The second-order valence-electron chi connectivity index (χ2n) is 7.36. The zero-order chi connectivity index (χ0) is 20.0. The summed E-state index contributed by atoms with van der Waals surface area (Å²) in [5.74, 6) is 0.960. The molecule has 1 saturated heterocycles. The van der Waals surface area contributed by atoms with Crippen molar-refractivity contribution in [2.24, 2.45) is 0 Å². The van der Waals surface area contributed by atoms with E-state index in [1.165, 1.54) is 55.7 Å². The Hall–Kier alpha value is -1.25. The molecule has 8 heteroatoms. The van der Waals surface area contributed by atoms with Crippen LogP contribution in [-0.4, -0.2) is 56.4 Å². The molecule has 1 aromatic rings. The fraction of sp³-hybridized carbons (Fsp3) is 0.650. The zero-order valence-electron chi connectivity index (χ0n) is 16.5. The molecule has 0 radical (unpaired) electrons. The van der Waals surface area contributed by atoms with E-state index in [0.717, 1.165) is 18.6 Å². The fourth-order valence-electron chi connectivity index (χ4n) is 3.82. The monoisotopic (exact) mass is 426 g/mol. The third-order valence-electron chi connectivity index (χ3n) is 5.41. The zero-order valence-corrected chi connectivity index (χ0v) is 18.1. The number of carbonyl (C=O) groups excluding carboxylic acids is 1. The van der Waals surface area contributed by atoms with Crippen LogP contribution in [0.25, 0.3) is 0 Å². The second kappa shape index (κ2) is 9.98. The number of hydrogen-bond acceptors (Lipinski definition) is 5. The van der Waals surface area contributed by atoms with E-state index in [4.69, 9.17) is 4.74 Å². The highest BCUT2D eigenvalue weighted by Gasteiger charge is 2.28. The Bertz CT molecular complexity index is 770. The molecule has 1 aliphatic carbocycles. The van der Waals surface area contributed by atoms with Gasteiger partial charge in [-0.2, -0.15) is 16.1 Å². The number of nitrogens with zero attached hydrogens (tertiary/aromatic N) is 1. The van der Waals surface area contributed by atoms with Crippen molar-refractivity contribution in [3.05, 3.63) is 23.8 Å². The van der Waals surface area contributed by atoms with Gasteiger partial charge in [0, 0.05) is 30.6 Å². The van der Waals surface area contributed by atoms with Gasteiger partial charge in [-0.3, -0.25) is 4.79 Å². The Labute approximate surface area is 172 Å². The molecular weight excluding hydrogens is 396 g/mol. The van der Waals surface area contributed by atoms with Crippen molar-refractivity contribution >= 4 is 27.7 Å². The summed E-state index contributed by atoms with van der Waals surface area (Å²) in [6, 6.07) is 4.52. The summed E-state index contributed by atoms with van der Waals surface area (Å²) in [5, 5.41) is 3.62. The summed E-state index contributed by atoms with van der Waals surface area (Å²) in [6.45, 7) is 1.63. The Kier molecular flexibility index (Phi) is 7.65. The van der Waals surface area contributed by atoms with E-state index in [0.29, 0.717) is 30.6 Å².